The van der Waals surface area contributed by atoms with Gasteiger partial charge in [-0.3, -0.25) is 9.69 Å². The van der Waals surface area contributed by atoms with Crippen molar-refractivity contribution < 1.29 is 4.79 Å². The average Bonchev–Trinajstić information content (AvgIpc) is 2.81. The first-order valence-corrected chi connectivity index (χ1v) is 9.13. The molecule has 6 heteroatoms. The molecule has 0 atom stereocenters. The molecule has 0 saturated carbocycles. The molecule has 1 aromatic carbocycles. The number of benzene rings is 1. The number of hydrogen-bond donors (Lipinski definition) is 1. The number of amidine groups is 1. The molecule has 2 fully saturated rings. The molecule has 0 aromatic heterocycles. The second kappa shape index (κ2) is 8.26. The highest BCUT2D eigenvalue weighted by Gasteiger charge is 2.15. The van der Waals surface area contributed by atoms with E-state index in [0.29, 0.717) is 10.9 Å². The van der Waals surface area contributed by atoms with Crippen LogP contribution in [-0.4, -0.2) is 41.0 Å². The summed E-state index contributed by atoms with van der Waals surface area (Å²) in [5, 5.41) is 11.3. The Kier molecular flexibility index (Phi) is 5.82. The van der Waals surface area contributed by atoms with Crippen molar-refractivity contribution in [1.29, 1.82) is 0 Å². The monoisotopic (exact) mass is 330 g/mol. The zero-order chi connectivity index (χ0) is 15.9. The summed E-state index contributed by atoms with van der Waals surface area (Å²) >= 11 is 1.38. The van der Waals surface area contributed by atoms with Crippen molar-refractivity contribution in [2.45, 2.75) is 32.2 Å². The van der Waals surface area contributed by atoms with Gasteiger partial charge in [0.05, 0.1) is 12.0 Å². The minimum Gasteiger partial charge on any atom is -0.303 e. The Balaban J connectivity index is 1.53. The largest absolute Gasteiger partial charge is 0.303 e. The highest BCUT2D eigenvalue weighted by atomic mass is 32.2. The molecule has 1 amide bonds. The van der Waals surface area contributed by atoms with Crippen LogP contribution >= 0.6 is 11.8 Å². The van der Waals surface area contributed by atoms with Gasteiger partial charge in [0.15, 0.2) is 5.17 Å². The lowest BCUT2D eigenvalue weighted by Gasteiger charge is -2.19. The summed E-state index contributed by atoms with van der Waals surface area (Å²) in [6.07, 6.45) is 7.09. The van der Waals surface area contributed by atoms with Gasteiger partial charge in [0.25, 0.3) is 0 Å². The molecule has 0 spiro atoms. The van der Waals surface area contributed by atoms with Crippen molar-refractivity contribution in [2.75, 3.05) is 18.8 Å². The van der Waals surface area contributed by atoms with Crippen molar-refractivity contribution in [2.24, 2.45) is 10.2 Å². The van der Waals surface area contributed by atoms with E-state index in [1.807, 2.05) is 0 Å². The van der Waals surface area contributed by atoms with Gasteiger partial charge in [-0.25, -0.2) is 0 Å². The van der Waals surface area contributed by atoms with Gasteiger partial charge in [0, 0.05) is 6.54 Å². The number of carbonyl (C=O) groups is 1. The minimum absolute atomic E-state index is 0.0122. The molecular formula is C17H22N4OS. The Hall–Kier alpha value is -1.66. The SMILES string of the molecule is O=C1CSC(=NN=Cc2ccc(CN3CCCCCC3)cc2)N1. The third kappa shape index (κ3) is 5.18. The Labute approximate surface area is 141 Å². The number of nitrogens with one attached hydrogen (secondary N) is 1. The van der Waals surface area contributed by atoms with Crippen molar-refractivity contribution in [3.63, 3.8) is 0 Å². The van der Waals surface area contributed by atoms with E-state index < -0.39 is 0 Å². The van der Waals surface area contributed by atoms with Gasteiger partial charge in [-0.2, -0.15) is 5.10 Å². The predicted molar refractivity (Wildman–Crippen MR) is 95.8 cm³/mol. The highest BCUT2D eigenvalue weighted by molar-refractivity contribution is 8.15. The second-order valence-electron chi connectivity index (χ2n) is 5.92. The van der Waals surface area contributed by atoms with Crippen LogP contribution < -0.4 is 5.32 Å². The first-order chi connectivity index (χ1) is 11.3. The summed E-state index contributed by atoms with van der Waals surface area (Å²) in [6.45, 7) is 3.45. The van der Waals surface area contributed by atoms with Crippen LogP contribution in [0.5, 0.6) is 0 Å². The molecule has 1 aromatic rings. The Morgan fingerprint density at radius 3 is 2.52 bits per heavy atom. The first-order valence-electron chi connectivity index (χ1n) is 8.14. The van der Waals surface area contributed by atoms with Crippen molar-refractivity contribution >= 4 is 29.1 Å². The van der Waals surface area contributed by atoms with E-state index in [1.54, 1.807) is 6.21 Å². The molecule has 2 heterocycles. The van der Waals surface area contributed by atoms with E-state index in [4.69, 9.17) is 0 Å². The standard InChI is InChI=1S/C17H22N4OS/c22-16-13-23-17(19-16)20-18-11-14-5-7-15(8-6-14)12-21-9-3-1-2-4-10-21/h5-8,11H,1-4,9-10,12-13H2,(H,19,20,22). The maximum Gasteiger partial charge on any atom is 0.236 e. The third-order valence-electron chi connectivity index (χ3n) is 4.03. The van der Waals surface area contributed by atoms with E-state index in [-0.39, 0.29) is 5.91 Å². The quantitative estimate of drug-likeness (QED) is 0.682. The van der Waals surface area contributed by atoms with Crippen LogP contribution in [0.15, 0.2) is 34.5 Å². The van der Waals surface area contributed by atoms with Gasteiger partial charge in [0.2, 0.25) is 5.91 Å². The summed E-state index contributed by atoms with van der Waals surface area (Å²) in [7, 11) is 0. The number of rotatable bonds is 4. The summed E-state index contributed by atoms with van der Waals surface area (Å²) in [4.78, 5) is 13.6. The van der Waals surface area contributed by atoms with Crippen LogP contribution in [0.3, 0.4) is 0 Å². The predicted octanol–water partition coefficient (Wildman–Crippen LogP) is 2.62. The number of amides is 1. The molecule has 0 radical (unpaired) electrons. The normalized spacial score (nSPS) is 21.7. The fourth-order valence-electron chi connectivity index (χ4n) is 2.79. The topological polar surface area (TPSA) is 57.1 Å². The molecule has 0 unspecified atom stereocenters. The van der Waals surface area contributed by atoms with Gasteiger partial charge < -0.3 is 5.32 Å². The molecule has 2 aliphatic heterocycles. The van der Waals surface area contributed by atoms with Gasteiger partial charge in [-0.05, 0) is 37.1 Å². The van der Waals surface area contributed by atoms with Crippen LogP contribution in [0.25, 0.3) is 0 Å². The van der Waals surface area contributed by atoms with Crippen LogP contribution in [0.2, 0.25) is 0 Å². The summed E-state index contributed by atoms with van der Waals surface area (Å²) < 4.78 is 0. The highest BCUT2D eigenvalue weighted by Crippen LogP contribution is 2.13. The lowest BCUT2D eigenvalue weighted by atomic mass is 10.1. The summed E-state index contributed by atoms with van der Waals surface area (Å²) in [5.74, 6) is 0.418. The van der Waals surface area contributed by atoms with E-state index in [2.05, 4.69) is 44.7 Å². The molecule has 2 saturated heterocycles. The minimum atomic E-state index is -0.0122. The van der Waals surface area contributed by atoms with Crippen LogP contribution in [0.1, 0.15) is 36.8 Å². The van der Waals surface area contributed by atoms with Crippen LogP contribution in [-0.2, 0) is 11.3 Å². The number of nitrogens with zero attached hydrogens (tertiary/aromatic N) is 3. The van der Waals surface area contributed by atoms with Crippen LogP contribution in [0, 0.1) is 0 Å². The Morgan fingerprint density at radius 1 is 1.13 bits per heavy atom. The molecule has 3 rings (SSSR count). The van der Waals surface area contributed by atoms with E-state index >= 15 is 0 Å². The maximum absolute atomic E-state index is 11.0. The van der Waals surface area contributed by atoms with E-state index in [9.17, 15) is 4.79 Å². The fourth-order valence-corrected chi connectivity index (χ4v) is 3.42. The number of thioether (sulfide) groups is 1. The van der Waals surface area contributed by atoms with Crippen LogP contribution in [0.4, 0.5) is 0 Å². The second-order valence-corrected chi connectivity index (χ2v) is 6.88. The number of carbonyl (C=O) groups excluding carboxylic acids is 1. The third-order valence-corrected chi connectivity index (χ3v) is 4.89. The smallest absolute Gasteiger partial charge is 0.236 e. The van der Waals surface area contributed by atoms with E-state index in [1.165, 1.54) is 56.1 Å². The van der Waals surface area contributed by atoms with Crippen molar-refractivity contribution in [3.05, 3.63) is 35.4 Å². The molecule has 5 nitrogen and oxygen atoms in total. The Bertz CT molecular complexity index is 589. The number of hydrogen-bond acceptors (Lipinski definition) is 5. The van der Waals surface area contributed by atoms with E-state index in [0.717, 1.165) is 12.1 Å². The zero-order valence-corrected chi connectivity index (χ0v) is 14.0. The molecule has 122 valence electrons. The van der Waals surface area contributed by atoms with Gasteiger partial charge >= 0.3 is 0 Å². The van der Waals surface area contributed by atoms with Gasteiger partial charge in [-0.1, -0.05) is 48.9 Å². The molecule has 0 aliphatic carbocycles. The lowest BCUT2D eigenvalue weighted by Crippen LogP contribution is -2.23. The van der Waals surface area contributed by atoms with Gasteiger partial charge in [-0.15, -0.1) is 5.10 Å². The molecule has 23 heavy (non-hydrogen) atoms. The van der Waals surface area contributed by atoms with Gasteiger partial charge in [0.1, 0.15) is 0 Å². The summed E-state index contributed by atoms with van der Waals surface area (Å²) in [6, 6.07) is 8.45. The zero-order valence-electron chi connectivity index (χ0n) is 13.2. The summed E-state index contributed by atoms with van der Waals surface area (Å²) in [5.41, 5.74) is 2.36. The molecule has 2 aliphatic rings. The molecule has 1 N–H and O–H groups in total. The first kappa shape index (κ1) is 16.2. The lowest BCUT2D eigenvalue weighted by molar-refractivity contribution is -0.116. The Morgan fingerprint density at radius 2 is 1.87 bits per heavy atom. The number of likely N-dealkylation sites (tertiary alicyclic amines) is 1. The molecule has 0 bridgehead atoms. The average molecular weight is 330 g/mol. The fraction of sp³-hybridized carbons (Fsp3) is 0.471. The molecular weight excluding hydrogens is 308 g/mol. The van der Waals surface area contributed by atoms with Crippen molar-refractivity contribution in [3.8, 4) is 0 Å². The maximum atomic E-state index is 11.0. The van der Waals surface area contributed by atoms with Crippen molar-refractivity contribution in [1.82, 2.24) is 10.2 Å².